The molecule has 16 heavy (non-hydrogen) atoms. The maximum absolute atomic E-state index is 12.8. The molecular weight excluding hydrogens is 229 g/mol. The first-order valence-corrected chi connectivity index (χ1v) is 4.77. The fourth-order valence-electron chi connectivity index (χ4n) is 1.22. The van der Waals surface area contributed by atoms with Gasteiger partial charge in [0.15, 0.2) is 5.82 Å². The summed E-state index contributed by atoms with van der Waals surface area (Å²) in [7, 11) is 0. The zero-order valence-corrected chi connectivity index (χ0v) is 8.74. The summed E-state index contributed by atoms with van der Waals surface area (Å²) >= 11 is 5.86. The molecule has 0 radical (unpaired) electrons. The summed E-state index contributed by atoms with van der Waals surface area (Å²) in [4.78, 5) is 7.95. The van der Waals surface area contributed by atoms with Crippen LogP contribution in [0.3, 0.4) is 0 Å². The van der Waals surface area contributed by atoms with Crippen molar-refractivity contribution in [1.82, 2.24) is 9.97 Å². The zero-order chi connectivity index (χ0) is 11.5. The number of benzene rings is 1. The van der Waals surface area contributed by atoms with E-state index >= 15 is 0 Å². The summed E-state index contributed by atoms with van der Waals surface area (Å²) in [6.07, 6.45) is 1.46. The monoisotopic (exact) mass is 233 g/mol. The van der Waals surface area contributed by atoms with Gasteiger partial charge in [0.25, 0.3) is 0 Å². The van der Waals surface area contributed by atoms with Gasteiger partial charge < -0.3 is 0 Å². The van der Waals surface area contributed by atoms with Gasteiger partial charge in [0, 0.05) is 11.8 Å². The summed E-state index contributed by atoms with van der Waals surface area (Å²) in [6.45, 7) is 0. The second-order valence-electron chi connectivity index (χ2n) is 3.00. The number of rotatable bonds is 1. The summed E-state index contributed by atoms with van der Waals surface area (Å²) in [6, 6.07) is 7.31. The van der Waals surface area contributed by atoms with Gasteiger partial charge in [-0.3, -0.25) is 0 Å². The minimum atomic E-state index is -0.426. The highest BCUT2D eigenvalue weighted by Gasteiger charge is 2.07. The molecule has 1 aromatic carbocycles. The molecule has 0 aliphatic rings. The van der Waals surface area contributed by atoms with Crippen LogP contribution in [-0.4, -0.2) is 9.97 Å². The minimum absolute atomic E-state index is 0.218. The van der Waals surface area contributed by atoms with Crippen LogP contribution in [0.15, 0.2) is 30.5 Å². The van der Waals surface area contributed by atoms with Gasteiger partial charge in [-0.1, -0.05) is 11.6 Å². The Balaban J connectivity index is 2.55. The maximum Gasteiger partial charge on any atom is 0.162 e. The van der Waals surface area contributed by atoms with Crippen LogP contribution in [0.5, 0.6) is 0 Å². The van der Waals surface area contributed by atoms with Gasteiger partial charge in [0.2, 0.25) is 0 Å². The molecule has 0 amide bonds. The van der Waals surface area contributed by atoms with Crippen LogP contribution in [0.2, 0.25) is 5.02 Å². The fourth-order valence-corrected chi connectivity index (χ4v) is 1.47. The molecule has 0 N–H and O–H groups in total. The lowest BCUT2D eigenvalue weighted by atomic mass is 10.2. The van der Waals surface area contributed by atoms with Crippen LogP contribution in [-0.2, 0) is 0 Å². The SMILES string of the molecule is N#Cc1ccnc(-c2ccc(F)cc2Cl)n1. The van der Waals surface area contributed by atoms with Crippen molar-refractivity contribution in [3.8, 4) is 17.5 Å². The van der Waals surface area contributed by atoms with E-state index in [0.29, 0.717) is 11.4 Å². The Kier molecular flexibility index (Phi) is 2.80. The molecule has 0 saturated carbocycles. The van der Waals surface area contributed by atoms with E-state index in [1.807, 2.05) is 6.07 Å². The van der Waals surface area contributed by atoms with Gasteiger partial charge in [-0.05, 0) is 24.3 Å². The summed E-state index contributed by atoms with van der Waals surface area (Å²) < 4.78 is 12.8. The molecule has 2 rings (SSSR count). The third-order valence-corrected chi connectivity index (χ3v) is 2.25. The predicted octanol–water partition coefficient (Wildman–Crippen LogP) is 2.81. The molecule has 1 heterocycles. The number of aromatic nitrogens is 2. The molecule has 0 spiro atoms. The molecule has 1 aromatic heterocycles. The van der Waals surface area contributed by atoms with Crippen molar-refractivity contribution in [2.45, 2.75) is 0 Å². The third kappa shape index (κ3) is 2.00. The Morgan fingerprint density at radius 2 is 2.12 bits per heavy atom. The van der Waals surface area contributed by atoms with Crippen molar-refractivity contribution in [2.24, 2.45) is 0 Å². The standard InChI is InChI=1S/C11H5ClFN3/c12-10-5-7(13)1-2-9(10)11-15-4-3-8(6-14)16-11/h1-5H. The Bertz CT molecular complexity index is 578. The van der Waals surface area contributed by atoms with Gasteiger partial charge >= 0.3 is 0 Å². The molecular formula is C11H5ClFN3. The summed E-state index contributed by atoms with van der Waals surface area (Å²) in [5.41, 5.74) is 0.741. The van der Waals surface area contributed by atoms with Crippen molar-refractivity contribution >= 4 is 11.6 Å². The second kappa shape index (κ2) is 4.25. The van der Waals surface area contributed by atoms with Gasteiger partial charge in [-0.2, -0.15) is 5.26 Å². The molecule has 5 heteroatoms. The van der Waals surface area contributed by atoms with Crippen molar-refractivity contribution in [3.63, 3.8) is 0 Å². The van der Waals surface area contributed by atoms with Crippen molar-refractivity contribution < 1.29 is 4.39 Å². The van der Waals surface area contributed by atoms with Crippen LogP contribution >= 0.6 is 11.6 Å². The summed E-state index contributed by atoms with van der Waals surface area (Å²) in [5, 5.41) is 8.91. The molecule has 0 unspecified atom stereocenters. The Hall–Kier alpha value is -1.99. The third-order valence-electron chi connectivity index (χ3n) is 1.94. The number of hydrogen-bond acceptors (Lipinski definition) is 3. The average molecular weight is 234 g/mol. The van der Waals surface area contributed by atoms with Gasteiger partial charge in [0.05, 0.1) is 5.02 Å². The number of hydrogen-bond donors (Lipinski definition) is 0. The highest BCUT2D eigenvalue weighted by Crippen LogP contribution is 2.25. The van der Waals surface area contributed by atoms with Crippen molar-refractivity contribution in [1.29, 1.82) is 5.26 Å². The number of nitriles is 1. The van der Waals surface area contributed by atoms with Gasteiger partial charge in [-0.25, -0.2) is 14.4 Å². The van der Waals surface area contributed by atoms with E-state index < -0.39 is 5.82 Å². The van der Waals surface area contributed by atoms with E-state index in [1.165, 1.54) is 30.5 Å². The van der Waals surface area contributed by atoms with Crippen LogP contribution in [0.25, 0.3) is 11.4 Å². The molecule has 0 aliphatic heterocycles. The van der Waals surface area contributed by atoms with E-state index in [0.717, 1.165) is 0 Å². The van der Waals surface area contributed by atoms with Crippen LogP contribution < -0.4 is 0 Å². The van der Waals surface area contributed by atoms with Gasteiger partial charge in [0.1, 0.15) is 17.6 Å². The predicted molar refractivity (Wildman–Crippen MR) is 57.2 cm³/mol. The van der Waals surface area contributed by atoms with E-state index in [2.05, 4.69) is 9.97 Å². The smallest absolute Gasteiger partial charge is 0.162 e. The highest BCUT2D eigenvalue weighted by atomic mass is 35.5. The van der Waals surface area contributed by atoms with E-state index in [9.17, 15) is 4.39 Å². The molecule has 2 aromatic rings. The zero-order valence-electron chi connectivity index (χ0n) is 7.98. The van der Waals surface area contributed by atoms with Crippen molar-refractivity contribution in [2.75, 3.05) is 0 Å². The quantitative estimate of drug-likeness (QED) is 0.761. The van der Waals surface area contributed by atoms with Crippen molar-refractivity contribution in [3.05, 3.63) is 47.0 Å². The molecule has 0 bridgehead atoms. The van der Waals surface area contributed by atoms with E-state index in [4.69, 9.17) is 16.9 Å². The Morgan fingerprint density at radius 3 is 2.81 bits per heavy atom. The first kappa shape index (κ1) is 10.5. The average Bonchev–Trinajstić information content (AvgIpc) is 2.29. The lowest BCUT2D eigenvalue weighted by Gasteiger charge is -2.02. The van der Waals surface area contributed by atoms with Gasteiger partial charge in [-0.15, -0.1) is 0 Å². The first-order valence-electron chi connectivity index (χ1n) is 4.39. The topological polar surface area (TPSA) is 49.6 Å². The first-order chi connectivity index (χ1) is 7.70. The maximum atomic E-state index is 12.8. The van der Waals surface area contributed by atoms with Crippen LogP contribution in [0.4, 0.5) is 4.39 Å². The minimum Gasteiger partial charge on any atom is -0.236 e. The van der Waals surface area contributed by atoms with E-state index in [-0.39, 0.29) is 10.7 Å². The number of halogens is 2. The Morgan fingerprint density at radius 1 is 1.31 bits per heavy atom. The largest absolute Gasteiger partial charge is 0.236 e. The lowest BCUT2D eigenvalue weighted by Crippen LogP contribution is -1.92. The van der Waals surface area contributed by atoms with E-state index in [1.54, 1.807) is 0 Å². The fraction of sp³-hybridized carbons (Fsp3) is 0. The molecule has 0 fully saturated rings. The molecule has 3 nitrogen and oxygen atoms in total. The highest BCUT2D eigenvalue weighted by molar-refractivity contribution is 6.33. The number of nitrogens with zero attached hydrogens (tertiary/aromatic N) is 3. The Labute approximate surface area is 96.2 Å². The molecule has 0 aliphatic carbocycles. The summed E-state index contributed by atoms with van der Waals surface area (Å²) in [5.74, 6) is -0.116. The normalized spacial score (nSPS) is 9.81. The second-order valence-corrected chi connectivity index (χ2v) is 3.41. The molecule has 78 valence electrons. The molecule has 0 atom stereocenters. The molecule has 0 saturated heterocycles. The van der Waals surface area contributed by atoms with Crippen LogP contribution in [0.1, 0.15) is 5.69 Å². The van der Waals surface area contributed by atoms with Crippen LogP contribution in [0, 0.1) is 17.1 Å². The lowest BCUT2D eigenvalue weighted by molar-refractivity contribution is 0.628.